The number of hydrogen-bond donors (Lipinski definition) is 0. The Kier molecular flexibility index (Phi) is 5.78. The first-order chi connectivity index (χ1) is 5.87. The van der Waals surface area contributed by atoms with Crippen LogP contribution in [0.5, 0.6) is 0 Å². The Morgan fingerprint density at radius 1 is 1.15 bits per heavy atom. The molecule has 0 aliphatic heterocycles. The molecule has 0 aliphatic carbocycles. The standard InChI is InChI=1S/C12H24S/c1-7-13-11(3)10(2)8-9-12(4,5)6/h7-9H2,1-6H3/b11-10+. The Morgan fingerprint density at radius 2 is 1.69 bits per heavy atom. The Morgan fingerprint density at radius 3 is 2.08 bits per heavy atom. The van der Waals surface area contributed by atoms with Crippen LogP contribution in [0.1, 0.15) is 54.4 Å². The quantitative estimate of drug-likeness (QED) is 0.624. The summed E-state index contributed by atoms with van der Waals surface area (Å²) in [6.07, 6.45) is 2.54. The lowest BCUT2D eigenvalue weighted by atomic mass is 9.89. The largest absolute Gasteiger partial charge is 0.131 e. The predicted molar refractivity (Wildman–Crippen MR) is 65.2 cm³/mol. The lowest BCUT2D eigenvalue weighted by molar-refractivity contribution is 0.377. The number of allylic oxidation sites excluding steroid dienone is 2. The maximum Gasteiger partial charge on any atom is -0.00518 e. The molecule has 0 atom stereocenters. The van der Waals surface area contributed by atoms with Gasteiger partial charge in [0.05, 0.1) is 0 Å². The van der Waals surface area contributed by atoms with E-state index in [1.54, 1.807) is 5.57 Å². The van der Waals surface area contributed by atoms with Crippen molar-refractivity contribution in [3.8, 4) is 0 Å². The van der Waals surface area contributed by atoms with E-state index in [4.69, 9.17) is 0 Å². The molecule has 0 radical (unpaired) electrons. The van der Waals surface area contributed by atoms with Gasteiger partial charge in [0.2, 0.25) is 0 Å². The van der Waals surface area contributed by atoms with Gasteiger partial charge in [-0.25, -0.2) is 0 Å². The highest BCUT2D eigenvalue weighted by molar-refractivity contribution is 8.03. The van der Waals surface area contributed by atoms with Crippen LogP contribution in [0.25, 0.3) is 0 Å². The molecular formula is C12H24S. The van der Waals surface area contributed by atoms with Gasteiger partial charge in [-0.1, -0.05) is 33.3 Å². The van der Waals surface area contributed by atoms with Gasteiger partial charge in [-0.15, -0.1) is 11.8 Å². The highest BCUT2D eigenvalue weighted by atomic mass is 32.2. The zero-order chi connectivity index (χ0) is 10.5. The Hall–Kier alpha value is 0.0900. The highest BCUT2D eigenvalue weighted by Gasteiger charge is 2.10. The maximum absolute atomic E-state index is 2.31. The highest BCUT2D eigenvalue weighted by Crippen LogP contribution is 2.27. The molecule has 0 saturated heterocycles. The molecule has 0 bridgehead atoms. The van der Waals surface area contributed by atoms with Crippen molar-refractivity contribution in [1.29, 1.82) is 0 Å². The fraction of sp³-hybridized carbons (Fsp3) is 0.833. The number of hydrogen-bond acceptors (Lipinski definition) is 1. The normalized spacial score (nSPS) is 14.3. The van der Waals surface area contributed by atoms with Gasteiger partial charge in [-0.3, -0.25) is 0 Å². The second-order valence-electron chi connectivity index (χ2n) is 4.83. The third kappa shape index (κ3) is 7.18. The van der Waals surface area contributed by atoms with E-state index in [2.05, 4.69) is 41.5 Å². The molecular weight excluding hydrogens is 176 g/mol. The van der Waals surface area contributed by atoms with Crippen LogP contribution < -0.4 is 0 Å². The van der Waals surface area contributed by atoms with Crippen LogP contribution >= 0.6 is 11.8 Å². The number of rotatable bonds is 4. The minimum absolute atomic E-state index is 0.471. The molecule has 0 heterocycles. The van der Waals surface area contributed by atoms with Gasteiger partial charge in [0.25, 0.3) is 0 Å². The fourth-order valence-corrected chi connectivity index (χ4v) is 1.86. The summed E-state index contributed by atoms with van der Waals surface area (Å²) >= 11 is 1.97. The van der Waals surface area contributed by atoms with Crippen LogP contribution in [0.15, 0.2) is 10.5 Å². The van der Waals surface area contributed by atoms with E-state index in [0.717, 1.165) is 0 Å². The average molecular weight is 200 g/mol. The van der Waals surface area contributed by atoms with Crippen LogP contribution in [-0.2, 0) is 0 Å². The van der Waals surface area contributed by atoms with Crippen molar-refractivity contribution in [2.75, 3.05) is 5.75 Å². The van der Waals surface area contributed by atoms with Crippen molar-refractivity contribution in [2.45, 2.75) is 54.4 Å². The third-order valence-corrected chi connectivity index (χ3v) is 3.28. The van der Waals surface area contributed by atoms with E-state index in [-0.39, 0.29) is 0 Å². The van der Waals surface area contributed by atoms with E-state index in [1.165, 1.54) is 23.5 Å². The summed E-state index contributed by atoms with van der Waals surface area (Å²) in [4.78, 5) is 1.52. The number of thioether (sulfide) groups is 1. The Bertz CT molecular complexity index is 172. The van der Waals surface area contributed by atoms with Gasteiger partial charge >= 0.3 is 0 Å². The summed E-state index contributed by atoms with van der Waals surface area (Å²) in [5.74, 6) is 1.19. The minimum atomic E-state index is 0.471. The summed E-state index contributed by atoms with van der Waals surface area (Å²) in [7, 11) is 0. The van der Waals surface area contributed by atoms with Gasteiger partial charge in [0, 0.05) is 0 Å². The second-order valence-corrected chi connectivity index (χ2v) is 6.31. The molecule has 0 nitrogen and oxygen atoms in total. The Balaban J connectivity index is 3.98. The summed E-state index contributed by atoms with van der Waals surface area (Å²) in [5, 5.41) is 0. The van der Waals surface area contributed by atoms with Gasteiger partial charge in [0.15, 0.2) is 0 Å². The second kappa shape index (κ2) is 5.74. The predicted octanol–water partition coefficient (Wildman–Crippen LogP) is 4.86. The van der Waals surface area contributed by atoms with E-state index >= 15 is 0 Å². The Labute approximate surface area is 88.2 Å². The van der Waals surface area contributed by atoms with E-state index in [1.807, 2.05) is 11.8 Å². The molecule has 13 heavy (non-hydrogen) atoms. The van der Waals surface area contributed by atoms with Crippen LogP contribution in [-0.4, -0.2) is 5.75 Å². The van der Waals surface area contributed by atoms with Crippen molar-refractivity contribution in [2.24, 2.45) is 5.41 Å². The summed E-state index contributed by atoms with van der Waals surface area (Å²) in [5.41, 5.74) is 2.04. The topological polar surface area (TPSA) is 0 Å². The molecule has 0 fully saturated rings. The molecule has 1 heteroatoms. The molecule has 0 aromatic rings. The smallest absolute Gasteiger partial charge is 0.00518 e. The lowest BCUT2D eigenvalue weighted by Crippen LogP contribution is -2.04. The maximum atomic E-state index is 2.31. The molecule has 0 saturated carbocycles. The van der Waals surface area contributed by atoms with E-state index in [9.17, 15) is 0 Å². The molecule has 0 amide bonds. The van der Waals surface area contributed by atoms with Gasteiger partial charge < -0.3 is 0 Å². The third-order valence-electron chi connectivity index (χ3n) is 2.21. The molecule has 0 aliphatic rings. The van der Waals surface area contributed by atoms with Gasteiger partial charge in [-0.05, 0) is 42.8 Å². The first-order valence-corrected chi connectivity index (χ1v) is 6.14. The van der Waals surface area contributed by atoms with Crippen LogP contribution in [0.4, 0.5) is 0 Å². The summed E-state index contributed by atoms with van der Waals surface area (Å²) in [6.45, 7) is 13.6. The molecule has 0 aromatic heterocycles. The molecule has 0 aromatic carbocycles. The minimum Gasteiger partial charge on any atom is -0.131 e. The summed E-state index contributed by atoms with van der Waals surface area (Å²) < 4.78 is 0. The zero-order valence-electron chi connectivity index (χ0n) is 10.0. The van der Waals surface area contributed by atoms with Crippen molar-refractivity contribution < 1.29 is 0 Å². The summed E-state index contributed by atoms with van der Waals surface area (Å²) in [6, 6.07) is 0. The van der Waals surface area contributed by atoms with Gasteiger partial charge in [-0.2, -0.15) is 0 Å². The van der Waals surface area contributed by atoms with Crippen LogP contribution in [0, 0.1) is 5.41 Å². The molecule has 0 spiro atoms. The zero-order valence-corrected chi connectivity index (χ0v) is 10.8. The van der Waals surface area contributed by atoms with Crippen molar-refractivity contribution in [3.63, 3.8) is 0 Å². The fourth-order valence-electron chi connectivity index (χ4n) is 1.08. The molecule has 0 N–H and O–H groups in total. The monoisotopic (exact) mass is 200 g/mol. The lowest BCUT2D eigenvalue weighted by Gasteiger charge is -2.18. The molecule has 0 rings (SSSR count). The van der Waals surface area contributed by atoms with Gasteiger partial charge in [0.1, 0.15) is 0 Å². The van der Waals surface area contributed by atoms with Crippen molar-refractivity contribution in [1.82, 2.24) is 0 Å². The van der Waals surface area contributed by atoms with E-state index < -0.39 is 0 Å². The first-order valence-electron chi connectivity index (χ1n) is 5.16. The first kappa shape index (κ1) is 13.1. The van der Waals surface area contributed by atoms with Crippen LogP contribution in [0.2, 0.25) is 0 Å². The van der Waals surface area contributed by atoms with Crippen molar-refractivity contribution >= 4 is 11.8 Å². The molecule has 78 valence electrons. The average Bonchev–Trinajstić information content (AvgIpc) is 1.99. The van der Waals surface area contributed by atoms with Crippen molar-refractivity contribution in [3.05, 3.63) is 10.5 Å². The van der Waals surface area contributed by atoms with E-state index in [0.29, 0.717) is 5.41 Å². The van der Waals surface area contributed by atoms with Crippen LogP contribution in [0.3, 0.4) is 0 Å². The SMILES string of the molecule is CCS/C(C)=C(\C)CCC(C)(C)C. The molecule has 0 unspecified atom stereocenters.